The minimum absolute atomic E-state index is 0. The van der Waals surface area contributed by atoms with Gasteiger partial charge in [0, 0.05) is 30.8 Å². The number of hydrogen-bond acceptors (Lipinski definition) is 4. The molecule has 4 nitrogen and oxygen atoms in total. The number of nitrogens with zero attached hydrogens (tertiary/aromatic N) is 2. The van der Waals surface area contributed by atoms with Crippen molar-refractivity contribution >= 4 is 12.4 Å². The first kappa shape index (κ1) is 15.0. The number of hydrogen-bond donors (Lipinski definition) is 1. The Labute approximate surface area is 125 Å². The molecule has 1 atom stereocenters. The fraction of sp³-hybridized carbons (Fsp3) is 0.400. The summed E-state index contributed by atoms with van der Waals surface area (Å²) in [6, 6.07) is 10.6. The van der Waals surface area contributed by atoms with E-state index in [2.05, 4.69) is 41.2 Å². The van der Waals surface area contributed by atoms with Crippen molar-refractivity contribution in [2.75, 3.05) is 13.1 Å². The molecule has 0 aliphatic carbocycles. The minimum Gasteiger partial charge on any atom is -0.359 e. The average molecular weight is 294 g/mol. The standard InChI is InChI=1S/C15H19N3O.ClH/c1-11-2-4-12(5-3-11)15-8-14(19-17-15)10-18-7-6-13(16)9-18;/h2-5,8,13H,6-7,9-10,16H2,1H3;1H. The Bertz CT molecular complexity index is 553. The lowest BCUT2D eigenvalue weighted by molar-refractivity contribution is 0.272. The molecule has 0 bridgehead atoms. The second-order valence-corrected chi connectivity index (χ2v) is 5.33. The number of halogens is 1. The number of likely N-dealkylation sites (tertiary alicyclic amines) is 1. The van der Waals surface area contributed by atoms with Crippen LogP contribution in [0.1, 0.15) is 17.7 Å². The van der Waals surface area contributed by atoms with Crippen LogP contribution in [0.5, 0.6) is 0 Å². The van der Waals surface area contributed by atoms with Crippen LogP contribution in [0.15, 0.2) is 34.9 Å². The summed E-state index contributed by atoms with van der Waals surface area (Å²) in [7, 11) is 0. The van der Waals surface area contributed by atoms with E-state index in [1.165, 1.54) is 5.56 Å². The number of aromatic nitrogens is 1. The van der Waals surface area contributed by atoms with Crippen LogP contribution in [-0.2, 0) is 6.54 Å². The van der Waals surface area contributed by atoms with Crippen LogP contribution < -0.4 is 5.73 Å². The maximum Gasteiger partial charge on any atom is 0.151 e. The molecule has 1 fully saturated rings. The van der Waals surface area contributed by atoms with Gasteiger partial charge in [-0.3, -0.25) is 4.90 Å². The van der Waals surface area contributed by atoms with Gasteiger partial charge in [0.1, 0.15) is 5.69 Å². The molecular weight excluding hydrogens is 274 g/mol. The van der Waals surface area contributed by atoms with Crippen molar-refractivity contribution in [1.82, 2.24) is 10.1 Å². The summed E-state index contributed by atoms with van der Waals surface area (Å²) in [6.45, 7) is 4.86. The predicted molar refractivity (Wildman–Crippen MR) is 81.8 cm³/mol. The Morgan fingerprint density at radius 3 is 2.75 bits per heavy atom. The van der Waals surface area contributed by atoms with E-state index in [0.717, 1.165) is 43.1 Å². The van der Waals surface area contributed by atoms with Gasteiger partial charge in [-0.2, -0.15) is 0 Å². The quantitative estimate of drug-likeness (QED) is 0.945. The van der Waals surface area contributed by atoms with Crippen LogP contribution >= 0.6 is 12.4 Å². The second kappa shape index (κ2) is 6.39. The van der Waals surface area contributed by atoms with E-state index in [-0.39, 0.29) is 12.4 Å². The van der Waals surface area contributed by atoms with E-state index < -0.39 is 0 Å². The molecule has 0 amide bonds. The topological polar surface area (TPSA) is 55.3 Å². The summed E-state index contributed by atoms with van der Waals surface area (Å²) in [5.74, 6) is 0.907. The Morgan fingerprint density at radius 2 is 2.10 bits per heavy atom. The van der Waals surface area contributed by atoms with Crippen LogP contribution in [0.3, 0.4) is 0 Å². The minimum atomic E-state index is 0. The maximum absolute atomic E-state index is 5.90. The van der Waals surface area contributed by atoms with Gasteiger partial charge in [0.05, 0.1) is 6.54 Å². The Morgan fingerprint density at radius 1 is 1.35 bits per heavy atom. The van der Waals surface area contributed by atoms with Crippen LogP contribution in [0.25, 0.3) is 11.3 Å². The van der Waals surface area contributed by atoms with Crippen molar-refractivity contribution in [2.45, 2.75) is 25.9 Å². The number of rotatable bonds is 3. The normalized spacial score (nSPS) is 19.0. The van der Waals surface area contributed by atoms with Crippen molar-refractivity contribution in [3.8, 4) is 11.3 Å². The van der Waals surface area contributed by atoms with Gasteiger partial charge in [0.25, 0.3) is 0 Å². The van der Waals surface area contributed by atoms with Gasteiger partial charge < -0.3 is 10.3 Å². The summed E-state index contributed by atoms with van der Waals surface area (Å²) in [6.07, 6.45) is 1.07. The first-order valence-corrected chi connectivity index (χ1v) is 6.71. The van der Waals surface area contributed by atoms with Gasteiger partial charge in [-0.05, 0) is 13.3 Å². The summed E-state index contributed by atoms with van der Waals surface area (Å²) >= 11 is 0. The largest absolute Gasteiger partial charge is 0.359 e. The smallest absolute Gasteiger partial charge is 0.151 e. The highest BCUT2D eigenvalue weighted by Gasteiger charge is 2.20. The summed E-state index contributed by atoms with van der Waals surface area (Å²) in [5.41, 5.74) is 9.15. The Balaban J connectivity index is 0.00000147. The lowest BCUT2D eigenvalue weighted by Gasteiger charge is -2.11. The van der Waals surface area contributed by atoms with Crippen LogP contribution in [0.4, 0.5) is 0 Å². The van der Waals surface area contributed by atoms with Gasteiger partial charge in [-0.25, -0.2) is 0 Å². The maximum atomic E-state index is 5.90. The van der Waals surface area contributed by atoms with Gasteiger partial charge in [-0.1, -0.05) is 35.0 Å². The molecule has 2 aromatic rings. The molecular formula is C15H20ClN3O. The third-order valence-electron chi connectivity index (χ3n) is 3.59. The fourth-order valence-electron chi connectivity index (χ4n) is 2.47. The fourth-order valence-corrected chi connectivity index (χ4v) is 2.47. The Kier molecular flexibility index (Phi) is 4.81. The molecule has 1 aromatic heterocycles. The highest BCUT2D eigenvalue weighted by molar-refractivity contribution is 5.85. The van der Waals surface area contributed by atoms with Crippen LogP contribution in [0, 0.1) is 6.92 Å². The highest BCUT2D eigenvalue weighted by atomic mass is 35.5. The van der Waals surface area contributed by atoms with Gasteiger partial charge >= 0.3 is 0 Å². The first-order chi connectivity index (χ1) is 9.20. The lowest BCUT2D eigenvalue weighted by Crippen LogP contribution is -2.26. The average Bonchev–Trinajstić information content (AvgIpc) is 3.00. The zero-order chi connectivity index (χ0) is 13.2. The molecule has 108 valence electrons. The molecule has 1 saturated heterocycles. The van der Waals surface area contributed by atoms with E-state index in [0.29, 0.717) is 6.04 Å². The molecule has 2 heterocycles. The number of benzene rings is 1. The lowest BCUT2D eigenvalue weighted by atomic mass is 10.1. The van der Waals surface area contributed by atoms with Gasteiger partial charge in [0.15, 0.2) is 5.76 Å². The molecule has 3 rings (SSSR count). The first-order valence-electron chi connectivity index (χ1n) is 6.71. The van der Waals surface area contributed by atoms with Gasteiger partial charge in [0.2, 0.25) is 0 Å². The van der Waals surface area contributed by atoms with Crippen LogP contribution in [0.2, 0.25) is 0 Å². The molecule has 5 heteroatoms. The van der Waals surface area contributed by atoms with Crippen LogP contribution in [-0.4, -0.2) is 29.2 Å². The summed E-state index contributed by atoms with van der Waals surface area (Å²) in [5, 5.41) is 4.14. The zero-order valence-corrected chi connectivity index (χ0v) is 12.4. The van der Waals surface area contributed by atoms with Crippen molar-refractivity contribution in [3.05, 3.63) is 41.7 Å². The molecule has 0 radical (unpaired) electrons. The molecule has 20 heavy (non-hydrogen) atoms. The summed E-state index contributed by atoms with van der Waals surface area (Å²) < 4.78 is 5.41. The highest BCUT2D eigenvalue weighted by Crippen LogP contribution is 2.21. The Hall–Kier alpha value is -1.36. The second-order valence-electron chi connectivity index (χ2n) is 5.33. The zero-order valence-electron chi connectivity index (χ0n) is 11.6. The predicted octanol–water partition coefficient (Wildman–Crippen LogP) is 2.60. The third kappa shape index (κ3) is 3.39. The SMILES string of the molecule is Cc1ccc(-c2cc(CN3CCC(N)C3)on2)cc1.Cl. The van der Waals surface area contributed by atoms with E-state index in [9.17, 15) is 0 Å². The van der Waals surface area contributed by atoms with Crippen molar-refractivity contribution in [3.63, 3.8) is 0 Å². The third-order valence-corrected chi connectivity index (χ3v) is 3.59. The molecule has 1 unspecified atom stereocenters. The van der Waals surface area contributed by atoms with Crippen molar-refractivity contribution < 1.29 is 4.52 Å². The van der Waals surface area contributed by atoms with E-state index in [4.69, 9.17) is 10.3 Å². The number of nitrogens with two attached hydrogens (primary N) is 1. The van der Waals surface area contributed by atoms with Gasteiger partial charge in [-0.15, -0.1) is 12.4 Å². The molecule has 1 aliphatic rings. The van der Waals surface area contributed by atoms with Crippen molar-refractivity contribution in [1.29, 1.82) is 0 Å². The van der Waals surface area contributed by atoms with E-state index in [1.807, 2.05) is 6.07 Å². The van der Waals surface area contributed by atoms with E-state index in [1.54, 1.807) is 0 Å². The number of aryl methyl sites for hydroxylation is 1. The monoisotopic (exact) mass is 293 g/mol. The molecule has 1 aliphatic heterocycles. The molecule has 0 spiro atoms. The van der Waals surface area contributed by atoms with Crippen molar-refractivity contribution in [2.24, 2.45) is 5.73 Å². The molecule has 0 saturated carbocycles. The molecule has 1 aromatic carbocycles. The molecule has 2 N–H and O–H groups in total. The van der Waals surface area contributed by atoms with E-state index >= 15 is 0 Å². The summed E-state index contributed by atoms with van der Waals surface area (Å²) in [4.78, 5) is 2.31.